The van der Waals surface area contributed by atoms with Crippen LogP contribution in [0.15, 0.2) is 12.2 Å². The average Bonchev–Trinajstić information content (AvgIpc) is 3.21. The van der Waals surface area contributed by atoms with Crippen LogP contribution in [0, 0.1) is 29.1 Å². The van der Waals surface area contributed by atoms with Crippen molar-refractivity contribution in [2.45, 2.75) is 46.6 Å². The van der Waals surface area contributed by atoms with Crippen molar-refractivity contribution in [3.63, 3.8) is 0 Å². The molecule has 0 aromatic heterocycles. The minimum atomic E-state index is -5.36. The van der Waals surface area contributed by atoms with Crippen LogP contribution >= 0.6 is 0 Å². The molecule has 2 radical (unpaired) electrons. The molecule has 7 unspecified atom stereocenters. The van der Waals surface area contributed by atoms with Crippen LogP contribution in [0.25, 0.3) is 0 Å². The fourth-order valence-corrected chi connectivity index (χ4v) is 5.97. The Kier molecular flexibility index (Phi) is 5.67. The Morgan fingerprint density at radius 1 is 1.31 bits per heavy atom. The average molecular weight is 529 g/mol. The van der Waals surface area contributed by atoms with Gasteiger partial charge in [-0.3, -0.25) is 0 Å². The Hall–Kier alpha value is -1.40. The second kappa shape index (κ2) is 7.38. The molecular formula is C17H19F5N2O4Sn. The molecule has 1 amide bonds. The SMILES string of the molecule is C=C(C)C(=O)OC1C2CC3C1NC(=O)C3C2C(=N)OC(C(F)(F)F)[C](F)(F)[Sn][CH3]. The number of ether oxygens (including phenoxy) is 2. The van der Waals surface area contributed by atoms with Gasteiger partial charge in [0.2, 0.25) is 0 Å². The predicted molar refractivity (Wildman–Crippen MR) is 90.4 cm³/mol. The van der Waals surface area contributed by atoms with E-state index < -0.39 is 85.0 Å². The first-order chi connectivity index (χ1) is 13.3. The van der Waals surface area contributed by atoms with Crippen LogP contribution < -0.4 is 5.32 Å². The maximum atomic E-state index is 13.9. The third-order valence-electron chi connectivity index (χ3n) is 5.80. The van der Waals surface area contributed by atoms with Gasteiger partial charge in [-0.25, -0.2) is 0 Å². The molecule has 2 saturated carbocycles. The number of carbonyl (C=O) groups excluding carboxylic acids is 2. The number of hydrogen-bond acceptors (Lipinski definition) is 5. The van der Waals surface area contributed by atoms with Gasteiger partial charge in [0.1, 0.15) is 0 Å². The Balaban J connectivity index is 1.86. The summed E-state index contributed by atoms with van der Waals surface area (Å²) in [6.07, 6.45) is -9.35. The number of fused-ring (bicyclic) bond motifs is 1. The number of esters is 1. The molecule has 6 nitrogen and oxygen atoms in total. The molecule has 2 bridgehead atoms. The zero-order valence-corrected chi connectivity index (χ0v) is 18.3. The van der Waals surface area contributed by atoms with Gasteiger partial charge in [0.25, 0.3) is 0 Å². The van der Waals surface area contributed by atoms with Crippen molar-refractivity contribution in [3.05, 3.63) is 12.2 Å². The molecule has 160 valence electrons. The van der Waals surface area contributed by atoms with E-state index in [0.717, 1.165) is 4.94 Å². The fourth-order valence-electron chi connectivity index (χ4n) is 4.59. The summed E-state index contributed by atoms with van der Waals surface area (Å²) < 4.78 is 73.3. The monoisotopic (exact) mass is 530 g/mol. The first kappa shape index (κ1) is 22.3. The molecule has 3 aliphatic rings. The van der Waals surface area contributed by atoms with E-state index in [1.165, 1.54) is 6.92 Å². The Morgan fingerprint density at radius 3 is 2.45 bits per heavy atom. The Bertz CT molecular complexity index is 759. The van der Waals surface area contributed by atoms with Crippen LogP contribution in [0.4, 0.5) is 22.0 Å². The molecule has 1 saturated heterocycles. The van der Waals surface area contributed by atoms with Gasteiger partial charge in [-0.05, 0) is 0 Å². The van der Waals surface area contributed by atoms with E-state index in [4.69, 9.17) is 10.1 Å². The third kappa shape index (κ3) is 3.74. The number of rotatable bonds is 6. The topological polar surface area (TPSA) is 88.5 Å². The number of alkyl halides is 5. The summed E-state index contributed by atoms with van der Waals surface area (Å²) in [5.41, 5.74) is 0.0994. The quantitative estimate of drug-likeness (QED) is 0.138. The molecule has 12 heteroatoms. The minimum absolute atomic E-state index is 0.0994. The van der Waals surface area contributed by atoms with Gasteiger partial charge in [0, 0.05) is 0 Å². The third-order valence-corrected chi connectivity index (χ3v) is 8.45. The van der Waals surface area contributed by atoms with Crippen molar-refractivity contribution in [2.75, 3.05) is 0 Å². The Morgan fingerprint density at radius 2 is 1.93 bits per heavy atom. The van der Waals surface area contributed by atoms with Gasteiger partial charge < -0.3 is 0 Å². The predicted octanol–water partition coefficient (Wildman–Crippen LogP) is 2.12. The molecular weight excluding hydrogens is 510 g/mol. The number of carbonyl (C=O) groups is 2. The van der Waals surface area contributed by atoms with Crippen molar-refractivity contribution < 1.29 is 41.0 Å². The molecule has 0 aromatic carbocycles. The van der Waals surface area contributed by atoms with Crippen molar-refractivity contribution in [1.82, 2.24) is 5.32 Å². The molecule has 0 spiro atoms. The van der Waals surface area contributed by atoms with Crippen molar-refractivity contribution in [3.8, 4) is 0 Å². The molecule has 29 heavy (non-hydrogen) atoms. The summed E-state index contributed by atoms with van der Waals surface area (Å²) in [7, 11) is 0. The summed E-state index contributed by atoms with van der Waals surface area (Å²) in [6.45, 7) is 4.88. The molecule has 7 atom stereocenters. The number of hydrogen-bond donors (Lipinski definition) is 2. The molecule has 2 N–H and O–H groups in total. The van der Waals surface area contributed by atoms with E-state index in [1.54, 1.807) is 0 Å². The van der Waals surface area contributed by atoms with E-state index in [-0.39, 0.29) is 11.5 Å². The summed E-state index contributed by atoms with van der Waals surface area (Å²) in [5, 5.41) is 10.7. The van der Waals surface area contributed by atoms with Gasteiger partial charge in [-0.2, -0.15) is 0 Å². The molecule has 1 heterocycles. The van der Waals surface area contributed by atoms with Gasteiger partial charge >= 0.3 is 173 Å². The van der Waals surface area contributed by atoms with E-state index in [1.807, 2.05) is 0 Å². The van der Waals surface area contributed by atoms with Gasteiger partial charge in [0.15, 0.2) is 0 Å². The normalized spacial score (nSPS) is 34.0. The van der Waals surface area contributed by atoms with Crippen LogP contribution in [0.3, 0.4) is 0 Å². The van der Waals surface area contributed by atoms with E-state index >= 15 is 0 Å². The summed E-state index contributed by atoms with van der Waals surface area (Å²) in [6, 6.07) is -0.519. The van der Waals surface area contributed by atoms with Crippen molar-refractivity contribution in [2.24, 2.45) is 23.7 Å². The van der Waals surface area contributed by atoms with Crippen LogP contribution in [-0.4, -0.2) is 67.3 Å². The Labute approximate surface area is 173 Å². The first-order valence-electron chi connectivity index (χ1n) is 8.85. The van der Waals surface area contributed by atoms with Gasteiger partial charge in [-0.15, -0.1) is 0 Å². The standard InChI is InChI=1S/C16H16F5N2O4.CH3.Sn/c1-4(2)15(25)26-10-6-3-5-8(14(24)23-9(5)10)7(6)13(22)27-11(12(17)18)16(19,20)21;;/h5-11,22H,1,3H2,2H3,(H,23,24);1H3;. The summed E-state index contributed by atoms with van der Waals surface area (Å²) >= 11 is -2.74. The zero-order chi connectivity index (χ0) is 21.9. The molecule has 3 rings (SSSR count). The van der Waals surface area contributed by atoms with E-state index in [9.17, 15) is 31.5 Å². The number of halogens is 5. The van der Waals surface area contributed by atoms with Crippen LogP contribution in [0.2, 0.25) is 4.94 Å². The molecule has 0 aromatic rings. The van der Waals surface area contributed by atoms with Crippen LogP contribution in [0.1, 0.15) is 13.3 Å². The number of amides is 1. The van der Waals surface area contributed by atoms with Gasteiger partial charge in [-0.1, -0.05) is 0 Å². The summed E-state index contributed by atoms with van der Waals surface area (Å²) in [4.78, 5) is 25.3. The molecule has 1 aliphatic heterocycles. The second-order valence-electron chi connectivity index (χ2n) is 7.58. The fraction of sp³-hybridized carbons (Fsp3) is 0.706. The van der Waals surface area contributed by atoms with Crippen LogP contribution in [-0.2, 0) is 19.1 Å². The van der Waals surface area contributed by atoms with Crippen LogP contribution in [0.5, 0.6) is 0 Å². The zero-order valence-electron chi connectivity index (χ0n) is 15.5. The van der Waals surface area contributed by atoms with Gasteiger partial charge in [0.05, 0.1) is 0 Å². The summed E-state index contributed by atoms with van der Waals surface area (Å²) in [5.74, 6) is -5.30. The van der Waals surface area contributed by atoms with Crippen molar-refractivity contribution >= 4 is 38.9 Å². The van der Waals surface area contributed by atoms with E-state index in [2.05, 4.69) is 16.6 Å². The van der Waals surface area contributed by atoms with Crippen molar-refractivity contribution in [1.29, 1.82) is 5.41 Å². The number of nitrogens with one attached hydrogen (secondary N) is 2. The maximum absolute atomic E-state index is 13.9. The first-order valence-corrected chi connectivity index (χ1v) is 13.1. The molecule has 3 fully saturated rings. The second-order valence-corrected chi connectivity index (χ2v) is 10.9. The molecule has 2 aliphatic carbocycles. The van der Waals surface area contributed by atoms with E-state index in [0.29, 0.717) is 6.42 Å².